The summed E-state index contributed by atoms with van der Waals surface area (Å²) in [5.74, 6) is 1.93. The Kier molecular flexibility index (Phi) is 8.61. The van der Waals surface area contributed by atoms with Crippen LogP contribution in [0.25, 0.3) is 11.3 Å². The van der Waals surface area contributed by atoms with E-state index in [4.69, 9.17) is 19.6 Å². The summed E-state index contributed by atoms with van der Waals surface area (Å²) < 4.78 is 16.7. The van der Waals surface area contributed by atoms with Gasteiger partial charge in [-0.1, -0.05) is 19.3 Å². The number of rotatable bonds is 5. The van der Waals surface area contributed by atoms with Crippen LogP contribution in [-0.2, 0) is 0 Å². The number of aromatic nitrogens is 1. The molecular formula is C20H27Cl2N3O4. The third kappa shape index (κ3) is 5.15. The van der Waals surface area contributed by atoms with Crippen molar-refractivity contribution in [2.75, 3.05) is 19.8 Å². The number of nitrogens with zero attached hydrogens (tertiary/aromatic N) is 1. The minimum atomic E-state index is -0.255. The van der Waals surface area contributed by atoms with Crippen LogP contribution in [0, 0.1) is 5.92 Å². The quantitative estimate of drug-likeness (QED) is 0.731. The first-order valence-corrected chi connectivity index (χ1v) is 9.60. The summed E-state index contributed by atoms with van der Waals surface area (Å²) in [6.45, 7) is 1.46. The highest BCUT2D eigenvalue weighted by Gasteiger charge is 2.27. The Morgan fingerprint density at radius 2 is 1.86 bits per heavy atom. The van der Waals surface area contributed by atoms with E-state index >= 15 is 0 Å². The fourth-order valence-electron chi connectivity index (χ4n) is 3.94. The van der Waals surface area contributed by atoms with Crippen molar-refractivity contribution in [2.24, 2.45) is 11.7 Å². The lowest BCUT2D eigenvalue weighted by molar-refractivity contribution is 0.0911. The molecule has 1 fully saturated rings. The molecule has 3 N–H and O–H groups in total. The number of amides is 1. The minimum absolute atomic E-state index is 0. The normalized spacial score (nSPS) is 16.9. The molecule has 4 rings (SSSR count). The number of carbonyl (C=O) groups excluding carboxylic acids is 1. The average Bonchev–Trinajstić information content (AvgIpc) is 3.22. The molecule has 2 aromatic rings. The predicted octanol–water partition coefficient (Wildman–Crippen LogP) is 3.59. The third-order valence-electron chi connectivity index (χ3n) is 5.38. The lowest BCUT2D eigenvalue weighted by atomic mass is 9.84. The van der Waals surface area contributed by atoms with Gasteiger partial charge >= 0.3 is 0 Å². The van der Waals surface area contributed by atoms with Crippen molar-refractivity contribution in [1.82, 2.24) is 10.3 Å². The van der Waals surface area contributed by atoms with Gasteiger partial charge in [0, 0.05) is 18.2 Å². The van der Waals surface area contributed by atoms with E-state index in [1.807, 2.05) is 18.2 Å². The summed E-state index contributed by atoms with van der Waals surface area (Å²) >= 11 is 0. The fraction of sp³-hybridized carbons (Fsp3) is 0.500. The average molecular weight is 444 g/mol. The summed E-state index contributed by atoms with van der Waals surface area (Å²) in [5.41, 5.74) is 6.93. The molecule has 0 spiro atoms. The molecule has 0 radical (unpaired) electrons. The van der Waals surface area contributed by atoms with Crippen LogP contribution in [0.1, 0.15) is 42.6 Å². The summed E-state index contributed by atoms with van der Waals surface area (Å²) in [7, 11) is 0. The fourth-order valence-corrected chi connectivity index (χ4v) is 3.94. The molecule has 1 amide bonds. The lowest BCUT2D eigenvalue weighted by Crippen LogP contribution is -2.46. The minimum Gasteiger partial charge on any atom is -0.486 e. The van der Waals surface area contributed by atoms with Crippen LogP contribution in [0.2, 0.25) is 0 Å². The Labute approximate surface area is 182 Å². The largest absolute Gasteiger partial charge is 0.486 e. The van der Waals surface area contributed by atoms with Crippen LogP contribution in [-0.4, -0.2) is 36.7 Å². The van der Waals surface area contributed by atoms with Gasteiger partial charge in [0.1, 0.15) is 13.2 Å². The Morgan fingerprint density at radius 1 is 1.14 bits per heavy atom. The maximum absolute atomic E-state index is 12.9. The molecule has 1 aromatic carbocycles. The van der Waals surface area contributed by atoms with Crippen LogP contribution in [0.5, 0.6) is 11.5 Å². The molecule has 1 unspecified atom stereocenters. The molecule has 1 aromatic heterocycles. The van der Waals surface area contributed by atoms with Gasteiger partial charge in [-0.25, -0.2) is 4.98 Å². The Bertz CT molecular complexity index is 809. The van der Waals surface area contributed by atoms with Crippen LogP contribution >= 0.6 is 24.8 Å². The monoisotopic (exact) mass is 443 g/mol. The van der Waals surface area contributed by atoms with Gasteiger partial charge < -0.3 is 24.9 Å². The van der Waals surface area contributed by atoms with Crippen LogP contribution < -0.4 is 20.5 Å². The summed E-state index contributed by atoms with van der Waals surface area (Å²) in [6.07, 6.45) is 7.16. The molecule has 1 aliphatic heterocycles. The van der Waals surface area contributed by atoms with Gasteiger partial charge in [-0.15, -0.1) is 24.8 Å². The van der Waals surface area contributed by atoms with Gasteiger partial charge in [0.2, 0.25) is 0 Å². The number of ether oxygens (including phenoxy) is 2. The van der Waals surface area contributed by atoms with E-state index in [-0.39, 0.29) is 42.5 Å². The van der Waals surface area contributed by atoms with Crippen molar-refractivity contribution in [1.29, 1.82) is 0 Å². The van der Waals surface area contributed by atoms with E-state index in [9.17, 15) is 4.79 Å². The van der Waals surface area contributed by atoms with Gasteiger partial charge in [0.25, 0.3) is 5.91 Å². The van der Waals surface area contributed by atoms with Crippen molar-refractivity contribution >= 4 is 30.7 Å². The van der Waals surface area contributed by atoms with Gasteiger partial charge in [0.15, 0.2) is 29.3 Å². The third-order valence-corrected chi connectivity index (χ3v) is 5.38. The molecule has 2 aliphatic rings. The van der Waals surface area contributed by atoms with Crippen molar-refractivity contribution in [3.8, 4) is 22.8 Å². The maximum atomic E-state index is 12.9. The van der Waals surface area contributed by atoms with Gasteiger partial charge in [0.05, 0.1) is 0 Å². The highest BCUT2D eigenvalue weighted by Crippen LogP contribution is 2.35. The standard InChI is InChI=1S/C20H25N3O4.2ClH/c21-11-15(13-4-2-1-3-5-13)23-20(24)18-19(27-12-22-18)14-6-7-16-17(10-14)26-9-8-25-16;;/h6-7,10,12-13,15H,1-5,8-9,11,21H2,(H,23,24);2*1H. The number of nitrogens with one attached hydrogen (secondary N) is 1. The smallest absolute Gasteiger partial charge is 0.274 e. The predicted molar refractivity (Wildman–Crippen MR) is 114 cm³/mol. The molecule has 0 saturated heterocycles. The number of hydrogen-bond donors (Lipinski definition) is 2. The van der Waals surface area contributed by atoms with Crippen molar-refractivity contribution in [3.05, 3.63) is 30.3 Å². The first-order chi connectivity index (χ1) is 13.3. The van der Waals surface area contributed by atoms with E-state index in [0.29, 0.717) is 42.9 Å². The van der Waals surface area contributed by atoms with Crippen LogP contribution in [0.4, 0.5) is 0 Å². The number of halogens is 2. The Balaban J connectivity index is 0.00000150. The molecule has 160 valence electrons. The topological polar surface area (TPSA) is 99.6 Å². The van der Waals surface area contributed by atoms with Gasteiger partial charge in [-0.2, -0.15) is 0 Å². The first kappa shape index (κ1) is 23.3. The second-order valence-corrected chi connectivity index (χ2v) is 7.10. The van der Waals surface area contributed by atoms with Gasteiger partial charge in [-0.05, 0) is 37.0 Å². The SMILES string of the molecule is Cl.Cl.NCC(NC(=O)c1ncoc1-c1ccc2c(c1)OCCO2)C1CCCCC1. The molecule has 2 heterocycles. The molecule has 0 bridgehead atoms. The second-order valence-electron chi connectivity index (χ2n) is 7.10. The zero-order valence-electron chi connectivity index (χ0n) is 16.1. The summed E-state index contributed by atoms with van der Waals surface area (Å²) in [4.78, 5) is 17.0. The molecule has 1 saturated carbocycles. The molecule has 1 aliphatic carbocycles. The zero-order valence-corrected chi connectivity index (χ0v) is 17.7. The van der Waals surface area contributed by atoms with E-state index in [1.165, 1.54) is 25.7 Å². The Hall–Kier alpha value is -1.96. The zero-order chi connectivity index (χ0) is 18.6. The number of benzene rings is 1. The van der Waals surface area contributed by atoms with E-state index in [0.717, 1.165) is 18.4 Å². The first-order valence-electron chi connectivity index (χ1n) is 9.60. The number of nitrogens with two attached hydrogens (primary N) is 1. The lowest BCUT2D eigenvalue weighted by Gasteiger charge is -2.29. The second kappa shape index (κ2) is 10.7. The highest BCUT2D eigenvalue weighted by atomic mass is 35.5. The van der Waals surface area contributed by atoms with E-state index < -0.39 is 0 Å². The summed E-state index contributed by atoms with van der Waals surface area (Å²) in [5, 5.41) is 3.07. The van der Waals surface area contributed by atoms with E-state index in [1.54, 1.807) is 0 Å². The number of carbonyl (C=O) groups is 1. The number of fused-ring (bicyclic) bond motifs is 1. The molecule has 29 heavy (non-hydrogen) atoms. The summed E-state index contributed by atoms with van der Waals surface area (Å²) in [6, 6.07) is 5.43. The van der Waals surface area contributed by atoms with E-state index in [2.05, 4.69) is 10.3 Å². The van der Waals surface area contributed by atoms with Crippen LogP contribution in [0.15, 0.2) is 29.0 Å². The number of hydrogen-bond acceptors (Lipinski definition) is 6. The molecule has 9 heteroatoms. The molecule has 7 nitrogen and oxygen atoms in total. The van der Waals surface area contributed by atoms with Crippen molar-refractivity contribution in [2.45, 2.75) is 38.1 Å². The number of oxazole rings is 1. The Morgan fingerprint density at radius 3 is 2.59 bits per heavy atom. The maximum Gasteiger partial charge on any atom is 0.274 e. The van der Waals surface area contributed by atoms with Gasteiger partial charge in [-0.3, -0.25) is 4.79 Å². The highest BCUT2D eigenvalue weighted by molar-refractivity contribution is 5.98. The van der Waals surface area contributed by atoms with Crippen LogP contribution in [0.3, 0.4) is 0 Å². The van der Waals surface area contributed by atoms with Crippen molar-refractivity contribution < 1.29 is 18.7 Å². The van der Waals surface area contributed by atoms with Crippen molar-refractivity contribution in [3.63, 3.8) is 0 Å². The molecule has 1 atom stereocenters. The molecular weight excluding hydrogens is 417 g/mol.